The van der Waals surface area contributed by atoms with Crippen molar-refractivity contribution in [2.45, 2.75) is 43.7 Å². The fraction of sp³-hybridized carbons (Fsp3) is 0.345. The molecule has 2 saturated heterocycles. The lowest BCUT2D eigenvalue weighted by atomic mass is 9.79. The Morgan fingerprint density at radius 3 is 2.71 bits per heavy atom. The maximum atomic E-state index is 13.6. The van der Waals surface area contributed by atoms with E-state index < -0.39 is 0 Å². The van der Waals surface area contributed by atoms with Gasteiger partial charge in [0.2, 0.25) is 5.91 Å². The number of nitrogens with one attached hydrogen (secondary N) is 1. The quantitative estimate of drug-likeness (QED) is 0.547. The van der Waals surface area contributed by atoms with Gasteiger partial charge in [-0.2, -0.15) is 0 Å². The van der Waals surface area contributed by atoms with Crippen LogP contribution in [0.15, 0.2) is 72.8 Å². The smallest absolute Gasteiger partial charge is 0.220 e. The van der Waals surface area contributed by atoms with Crippen LogP contribution in [-0.4, -0.2) is 36.5 Å². The number of rotatable bonds is 5. The Hall–Kier alpha value is -3.18. The number of carbonyl (C=O) groups is 1. The second kappa shape index (κ2) is 9.59. The second-order valence-corrected chi connectivity index (χ2v) is 9.59. The number of para-hydroxylation sites is 1. The van der Waals surface area contributed by atoms with Gasteiger partial charge in [0.25, 0.3) is 0 Å². The molecule has 1 spiro atoms. The first-order valence-electron chi connectivity index (χ1n) is 12.1. The molecule has 0 bridgehead atoms. The Bertz CT molecular complexity index is 1160. The zero-order valence-corrected chi connectivity index (χ0v) is 19.6. The Morgan fingerprint density at radius 2 is 1.88 bits per heavy atom. The van der Waals surface area contributed by atoms with Crippen LogP contribution in [-0.2, 0) is 11.3 Å². The largest absolute Gasteiger partial charge is 0.496 e. The molecule has 5 rings (SSSR count). The summed E-state index contributed by atoms with van der Waals surface area (Å²) in [4.78, 5) is 15.0. The van der Waals surface area contributed by atoms with Crippen LogP contribution in [0.1, 0.15) is 42.7 Å². The number of methoxy groups -OCH3 is 1. The van der Waals surface area contributed by atoms with Crippen molar-refractivity contribution in [1.29, 1.82) is 0 Å². The van der Waals surface area contributed by atoms with Gasteiger partial charge in [0, 0.05) is 37.5 Å². The van der Waals surface area contributed by atoms with Gasteiger partial charge >= 0.3 is 0 Å². The number of carbonyl (C=O) groups excluding carboxylic acids is 1. The SMILES string of the molecule is COc1ccccc1-c1cccc(CN2C[C@@H](c3ccc(F)cc3)[C@@]3(CCCCC(=O)N3)C2)c1. The van der Waals surface area contributed by atoms with E-state index in [1.54, 1.807) is 7.11 Å². The molecular weight excluding hydrogens is 427 g/mol. The summed E-state index contributed by atoms with van der Waals surface area (Å²) in [5.74, 6) is 0.889. The molecule has 0 unspecified atom stereocenters. The fourth-order valence-corrected chi connectivity index (χ4v) is 5.73. The molecule has 176 valence electrons. The standard InChI is InChI=1S/C29H31FN2O2/c1-34-27-10-3-2-9-25(27)23-8-6-7-21(17-23)18-32-19-26(22-12-14-24(30)15-13-22)29(20-32)16-5-4-11-28(33)31-29/h2-3,6-10,12-15,17,26H,4-5,11,16,18-20H2,1H3,(H,31,33)/t26-,29+/m0/s1. The maximum absolute atomic E-state index is 13.6. The first-order valence-corrected chi connectivity index (χ1v) is 12.1. The van der Waals surface area contributed by atoms with Gasteiger partial charge in [-0.3, -0.25) is 9.69 Å². The van der Waals surface area contributed by atoms with Crippen LogP contribution in [0.3, 0.4) is 0 Å². The number of hydrogen-bond acceptors (Lipinski definition) is 3. The Labute approximate surface area is 200 Å². The van der Waals surface area contributed by atoms with Crippen LogP contribution >= 0.6 is 0 Å². The van der Waals surface area contributed by atoms with E-state index in [-0.39, 0.29) is 23.2 Å². The number of halogens is 1. The summed E-state index contributed by atoms with van der Waals surface area (Å²) in [5, 5.41) is 3.39. The van der Waals surface area contributed by atoms with Crippen molar-refractivity contribution in [1.82, 2.24) is 10.2 Å². The molecule has 1 N–H and O–H groups in total. The molecule has 2 aliphatic rings. The van der Waals surface area contributed by atoms with E-state index in [1.165, 1.54) is 17.7 Å². The molecule has 2 aliphatic heterocycles. The number of nitrogens with zero attached hydrogens (tertiary/aromatic N) is 1. The van der Waals surface area contributed by atoms with Gasteiger partial charge in [0.1, 0.15) is 11.6 Å². The summed E-state index contributed by atoms with van der Waals surface area (Å²) in [5.41, 5.74) is 4.20. The highest BCUT2D eigenvalue weighted by Crippen LogP contribution is 2.41. The lowest BCUT2D eigenvalue weighted by Gasteiger charge is -2.35. The van der Waals surface area contributed by atoms with Gasteiger partial charge in [-0.25, -0.2) is 4.39 Å². The average molecular weight is 459 g/mol. The molecule has 1 amide bonds. The Kier molecular flexibility index (Phi) is 6.38. The van der Waals surface area contributed by atoms with E-state index in [9.17, 15) is 9.18 Å². The summed E-state index contributed by atoms with van der Waals surface area (Å²) in [6.45, 7) is 2.41. The number of ether oxygens (including phenoxy) is 1. The van der Waals surface area contributed by atoms with Gasteiger partial charge in [-0.1, -0.05) is 55.0 Å². The minimum Gasteiger partial charge on any atom is -0.496 e. The normalized spacial score (nSPS) is 23.0. The number of hydrogen-bond donors (Lipinski definition) is 1. The molecule has 2 heterocycles. The third-order valence-electron chi connectivity index (χ3n) is 7.30. The molecule has 2 fully saturated rings. The fourth-order valence-electron chi connectivity index (χ4n) is 5.73. The maximum Gasteiger partial charge on any atom is 0.220 e. The molecule has 5 heteroatoms. The number of likely N-dealkylation sites (tertiary alicyclic amines) is 1. The zero-order valence-electron chi connectivity index (χ0n) is 19.6. The molecule has 3 aromatic carbocycles. The zero-order chi connectivity index (χ0) is 23.5. The minimum absolute atomic E-state index is 0.129. The van der Waals surface area contributed by atoms with Gasteiger partial charge in [0.15, 0.2) is 0 Å². The minimum atomic E-state index is -0.314. The van der Waals surface area contributed by atoms with Crippen molar-refractivity contribution in [3.8, 4) is 16.9 Å². The third-order valence-corrected chi connectivity index (χ3v) is 7.30. The molecular formula is C29H31FN2O2. The first-order chi connectivity index (χ1) is 16.6. The third kappa shape index (κ3) is 4.58. The van der Waals surface area contributed by atoms with Crippen LogP contribution < -0.4 is 10.1 Å². The highest BCUT2D eigenvalue weighted by Gasteiger charge is 2.48. The lowest BCUT2D eigenvalue weighted by molar-refractivity contribution is -0.122. The summed E-state index contributed by atoms with van der Waals surface area (Å²) in [6.07, 6.45) is 3.47. The molecule has 2 atom stereocenters. The summed E-state index contributed by atoms with van der Waals surface area (Å²) in [6, 6.07) is 23.5. The highest BCUT2D eigenvalue weighted by atomic mass is 19.1. The van der Waals surface area contributed by atoms with Crippen molar-refractivity contribution in [2.75, 3.05) is 20.2 Å². The molecule has 3 aromatic rings. The lowest BCUT2D eigenvalue weighted by Crippen LogP contribution is -2.52. The topological polar surface area (TPSA) is 41.6 Å². The molecule has 0 radical (unpaired) electrons. The van der Waals surface area contributed by atoms with Crippen LogP contribution in [0.5, 0.6) is 5.75 Å². The van der Waals surface area contributed by atoms with Gasteiger partial charge in [-0.15, -0.1) is 0 Å². The van der Waals surface area contributed by atoms with Crippen LogP contribution in [0.2, 0.25) is 0 Å². The molecule has 0 aliphatic carbocycles. The molecule has 0 saturated carbocycles. The molecule has 4 nitrogen and oxygen atoms in total. The van der Waals surface area contributed by atoms with E-state index >= 15 is 0 Å². The predicted molar refractivity (Wildman–Crippen MR) is 132 cm³/mol. The van der Waals surface area contributed by atoms with Gasteiger partial charge in [0.05, 0.1) is 12.6 Å². The summed E-state index contributed by atoms with van der Waals surface area (Å²) < 4.78 is 19.2. The van der Waals surface area contributed by atoms with Crippen molar-refractivity contribution < 1.29 is 13.9 Å². The van der Waals surface area contributed by atoms with Crippen molar-refractivity contribution in [2.24, 2.45) is 0 Å². The van der Waals surface area contributed by atoms with E-state index in [2.05, 4.69) is 40.5 Å². The van der Waals surface area contributed by atoms with E-state index in [0.717, 1.165) is 61.3 Å². The van der Waals surface area contributed by atoms with Crippen molar-refractivity contribution >= 4 is 5.91 Å². The van der Waals surface area contributed by atoms with E-state index in [0.29, 0.717) is 6.42 Å². The number of amides is 1. The summed E-state index contributed by atoms with van der Waals surface area (Å²) in [7, 11) is 1.70. The van der Waals surface area contributed by atoms with Crippen LogP contribution in [0.4, 0.5) is 4.39 Å². The predicted octanol–water partition coefficient (Wildman–Crippen LogP) is 5.53. The Morgan fingerprint density at radius 1 is 1.06 bits per heavy atom. The van der Waals surface area contributed by atoms with Crippen LogP contribution in [0.25, 0.3) is 11.1 Å². The molecule has 0 aromatic heterocycles. The Balaban J connectivity index is 1.42. The van der Waals surface area contributed by atoms with Crippen molar-refractivity contribution in [3.63, 3.8) is 0 Å². The van der Waals surface area contributed by atoms with Crippen LogP contribution in [0, 0.1) is 5.82 Å². The first kappa shape index (κ1) is 22.6. The van der Waals surface area contributed by atoms with E-state index in [1.807, 2.05) is 30.3 Å². The van der Waals surface area contributed by atoms with Gasteiger partial charge < -0.3 is 10.1 Å². The molecule has 34 heavy (non-hydrogen) atoms. The number of benzene rings is 3. The van der Waals surface area contributed by atoms with Gasteiger partial charge in [-0.05, 0) is 53.8 Å². The monoisotopic (exact) mass is 458 g/mol. The second-order valence-electron chi connectivity index (χ2n) is 9.59. The van der Waals surface area contributed by atoms with Crippen molar-refractivity contribution in [3.05, 3.63) is 89.7 Å². The van der Waals surface area contributed by atoms with E-state index in [4.69, 9.17) is 4.74 Å². The highest BCUT2D eigenvalue weighted by molar-refractivity contribution is 5.77. The average Bonchev–Trinajstić information content (AvgIpc) is 3.07. The summed E-state index contributed by atoms with van der Waals surface area (Å²) >= 11 is 0.